The van der Waals surface area contributed by atoms with Crippen LogP contribution in [0.3, 0.4) is 0 Å². The van der Waals surface area contributed by atoms with Crippen LogP contribution in [0.25, 0.3) is 0 Å². The molecule has 22 heteroatoms. The van der Waals surface area contributed by atoms with Gasteiger partial charge in [-0.05, 0) is 128 Å². The third-order valence-electron chi connectivity index (χ3n) is 11.2. The molecule has 0 spiro atoms. The number of aromatic nitrogens is 4. The fourth-order valence-electron chi connectivity index (χ4n) is 7.23. The number of hydrogen-bond donors (Lipinski definition) is 0. The van der Waals surface area contributed by atoms with Crippen molar-refractivity contribution in [2.24, 2.45) is 0 Å². The van der Waals surface area contributed by atoms with Crippen molar-refractivity contribution in [2.45, 2.75) is 97.9 Å². The summed E-state index contributed by atoms with van der Waals surface area (Å²) in [6, 6.07) is 19.1. The van der Waals surface area contributed by atoms with Gasteiger partial charge in [0.2, 0.25) is 17.5 Å². The molecular formula is C52H51F9N6O7. The summed E-state index contributed by atoms with van der Waals surface area (Å²) in [6.45, 7) is 7.95. The van der Waals surface area contributed by atoms with Gasteiger partial charge in [0.25, 0.3) is 0 Å². The number of halogens is 9. The van der Waals surface area contributed by atoms with Crippen LogP contribution >= 0.6 is 0 Å². The van der Waals surface area contributed by atoms with Crippen LogP contribution in [-0.2, 0) is 59.3 Å². The molecule has 0 amide bonds. The van der Waals surface area contributed by atoms with Crippen LogP contribution in [0.2, 0.25) is 0 Å². The van der Waals surface area contributed by atoms with E-state index in [-0.39, 0.29) is 49.1 Å². The van der Waals surface area contributed by atoms with E-state index in [1.165, 1.54) is 42.5 Å². The van der Waals surface area contributed by atoms with Crippen molar-refractivity contribution >= 4 is 23.8 Å². The summed E-state index contributed by atoms with van der Waals surface area (Å²) in [7, 11) is 0. The third-order valence-corrected chi connectivity index (χ3v) is 11.2. The van der Waals surface area contributed by atoms with Gasteiger partial charge in [0.05, 0.1) is 5.56 Å². The maximum atomic E-state index is 14.6. The summed E-state index contributed by atoms with van der Waals surface area (Å²) in [4.78, 5) is 47.3. The van der Waals surface area contributed by atoms with Crippen molar-refractivity contribution in [3.05, 3.63) is 154 Å². The van der Waals surface area contributed by atoms with Crippen LogP contribution in [0.15, 0.2) is 110 Å². The number of hydrogen-bond acceptors (Lipinski definition) is 13. The molecule has 6 rings (SSSR count). The molecular weight excluding hydrogens is 992 g/mol. The largest absolute Gasteiger partial charge is 0.573 e. The van der Waals surface area contributed by atoms with Crippen LogP contribution in [-0.4, -0.2) is 69.9 Å². The van der Waals surface area contributed by atoms with Gasteiger partial charge in [-0.1, -0.05) is 56.3 Å². The normalized spacial score (nSPS) is 12.0. The Kier molecular flexibility index (Phi) is 18.0. The molecule has 0 aliphatic heterocycles. The average Bonchev–Trinajstić information content (AvgIpc) is 3.34. The average molecular weight is 1040 g/mol. The minimum atomic E-state index is -4.95. The molecule has 0 atom stereocenters. The number of alkyl halides is 9. The highest BCUT2D eigenvalue weighted by atomic mass is 19.4. The number of nitrogens with zero attached hydrogens (tertiary/aromatic N) is 6. The van der Waals surface area contributed by atoms with Crippen LogP contribution in [0.4, 0.5) is 51.4 Å². The lowest BCUT2D eigenvalue weighted by molar-refractivity contribution is -0.275. The first-order valence-corrected chi connectivity index (χ1v) is 23.0. The highest BCUT2D eigenvalue weighted by Crippen LogP contribution is 2.39. The molecule has 2 aromatic heterocycles. The van der Waals surface area contributed by atoms with Crippen molar-refractivity contribution in [3.8, 4) is 23.0 Å². The zero-order valence-electron chi connectivity index (χ0n) is 40.7. The van der Waals surface area contributed by atoms with E-state index in [2.05, 4.69) is 29.4 Å². The van der Waals surface area contributed by atoms with Crippen LogP contribution < -0.4 is 28.7 Å². The molecule has 0 fully saturated rings. The van der Waals surface area contributed by atoms with Gasteiger partial charge in [0, 0.05) is 51.0 Å². The summed E-state index contributed by atoms with van der Waals surface area (Å²) in [5.41, 5.74) is 1.33. The molecule has 6 aromatic rings. The second-order valence-corrected chi connectivity index (χ2v) is 17.3. The number of benzene rings is 4. The van der Waals surface area contributed by atoms with E-state index in [9.17, 15) is 49.1 Å². The Morgan fingerprint density at radius 2 is 0.959 bits per heavy atom. The molecule has 0 N–H and O–H groups in total. The highest BCUT2D eigenvalue weighted by Gasteiger charge is 2.40. The molecule has 13 nitrogen and oxygen atoms in total. The molecule has 0 aliphatic carbocycles. The first-order valence-electron chi connectivity index (χ1n) is 23.0. The second-order valence-electron chi connectivity index (χ2n) is 17.3. The molecule has 0 unspecified atom stereocenters. The molecule has 74 heavy (non-hydrogen) atoms. The van der Waals surface area contributed by atoms with Gasteiger partial charge in [-0.15, -0.1) is 26.3 Å². The summed E-state index contributed by atoms with van der Waals surface area (Å²) >= 11 is 0. The van der Waals surface area contributed by atoms with Gasteiger partial charge in [-0.25, -0.2) is 29.5 Å². The smallest absolute Gasteiger partial charge is 0.482 e. The monoisotopic (exact) mass is 1040 g/mol. The van der Waals surface area contributed by atoms with Crippen molar-refractivity contribution in [2.75, 3.05) is 29.5 Å². The molecule has 394 valence electrons. The topological polar surface area (TPSA) is 138 Å². The molecule has 0 saturated carbocycles. The van der Waals surface area contributed by atoms with E-state index in [1.54, 1.807) is 48.7 Å². The Labute approximate surface area is 420 Å². The Morgan fingerprint density at radius 1 is 0.541 bits per heavy atom. The van der Waals surface area contributed by atoms with Gasteiger partial charge in [0.15, 0.2) is 6.61 Å². The first-order chi connectivity index (χ1) is 34.9. The Bertz CT molecular complexity index is 2810. The van der Waals surface area contributed by atoms with Gasteiger partial charge in [-0.2, -0.15) is 13.2 Å². The number of aryl methyl sites for hydroxylation is 3. The minimum Gasteiger partial charge on any atom is -0.482 e. The maximum Gasteiger partial charge on any atom is 0.573 e. The fourth-order valence-corrected chi connectivity index (χ4v) is 7.23. The molecule has 0 saturated heterocycles. The standard InChI is InChI=1S/C52H51F9N6O7/c1-6-34-26-62-47(63-27-34)66(30-38-8-14-40(15-9-38)72-51(56,57)58)22-20-36-12-18-43(33(3)24-36)70-32-45(68)71-46(69)49(4,5)74-44-19-13-37(25-42(44)50(53,54)55)21-23-67(48-64-28-35(7-2)29-65-48)31-39-10-16-41(17-11-39)73-52(59,60)61/h8-19,24-29H,6-7,20-23,30-32H2,1-5H3. The van der Waals surface area contributed by atoms with Crippen LogP contribution in [0.1, 0.15) is 72.2 Å². The maximum absolute atomic E-state index is 14.6. The zero-order valence-corrected chi connectivity index (χ0v) is 40.7. The van der Waals surface area contributed by atoms with E-state index >= 15 is 0 Å². The highest BCUT2D eigenvalue weighted by molar-refractivity contribution is 5.90. The lowest BCUT2D eigenvalue weighted by atomic mass is 10.0. The Hall–Kier alpha value is -7.65. The third kappa shape index (κ3) is 16.7. The molecule has 4 aromatic carbocycles. The predicted molar refractivity (Wildman–Crippen MR) is 253 cm³/mol. The molecule has 0 radical (unpaired) electrons. The minimum absolute atomic E-state index is 0.0231. The summed E-state index contributed by atoms with van der Waals surface area (Å²) in [5.74, 6) is -3.01. The van der Waals surface area contributed by atoms with E-state index in [0.29, 0.717) is 42.0 Å². The van der Waals surface area contributed by atoms with Gasteiger partial charge in [-0.3, -0.25) is 0 Å². The number of carbonyl (C=O) groups is 2. The number of rotatable bonds is 22. The van der Waals surface area contributed by atoms with E-state index in [4.69, 9.17) is 14.2 Å². The van der Waals surface area contributed by atoms with Gasteiger partial charge in [0.1, 0.15) is 23.0 Å². The zero-order chi connectivity index (χ0) is 53.8. The lowest BCUT2D eigenvalue weighted by Gasteiger charge is -2.26. The van der Waals surface area contributed by atoms with E-state index in [1.807, 2.05) is 24.8 Å². The van der Waals surface area contributed by atoms with Crippen molar-refractivity contribution < 1.29 is 72.8 Å². The number of esters is 2. The van der Waals surface area contributed by atoms with E-state index in [0.717, 1.165) is 61.2 Å². The molecule has 2 heterocycles. The van der Waals surface area contributed by atoms with Gasteiger partial charge < -0.3 is 33.5 Å². The Morgan fingerprint density at radius 3 is 1.36 bits per heavy atom. The fraction of sp³-hybridized carbons (Fsp3) is 0.346. The number of ether oxygens (including phenoxy) is 5. The Balaban J connectivity index is 1.05. The van der Waals surface area contributed by atoms with Crippen molar-refractivity contribution in [3.63, 3.8) is 0 Å². The van der Waals surface area contributed by atoms with E-state index < -0.39 is 60.1 Å². The predicted octanol–water partition coefficient (Wildman–Crippen LogP) is 11.3. The lowest BCUT2D eigenvalue weighted by Crippen LogP contribution is -2.42. The van der Waals surface area contributed by atoms with Crippen LogP contribution in [0.5, 0.6) is 23.0 Å². The molecule has 0 bridgehead atoms. The van der Waals surface area contributed by atoms with Crippen LogP contribution in [0, 0.1) is 6.92 Å². The first kappa shape index (κ1) is 55.7. The number of carbonyl (C=O) groups excluding carboxylic acids is 2. The number of anilines is 2. The van der Waals surface area contributed by atoms with Crippen molar-refractivity contribution in [1.29, 1.82) is 0 Å². The molecule has 0 aliphatic rings. The van der Waals surface area contributed by atoms with Gasteiger partial charge >= 0.3 is 30.8 Å². The van der Waals surface area contributed by atoms with Crippen molar-refractivity contribution in [1.82, 2.24) is 19.9 Å². The quantitative estimate of drug-likeness (QED) is 0.0362. The SMILES string of the molecule is CCc1cnc(N(CCc2ccc(OCC(=O)OC(=O)C(C)(C)Oc3ccc(CCN(Cc4ccc(OC(F)(F)F)cc4)c4ncc(CC)cn4)cc3C(F)(F)F)c(C)c2)Cc2ccc(OC(F)(F)F)cc2)nc1. The second kappa shape index (κ2) is 23.9. The summed E-state index contributed by atoms with van der Waals surface area (Å²) in [6.07, 6.45) is -6.22. The summed E-state index contributed by atoms with van der Waals surface area (Å²) < 4.78 is 144. The summed E-state index contributed by atoms with van der Waals surface area (Å²) in [5, 5.41) is 0.